The lowest BCUT2D eigenvalue weighted by atomic mass is 9.74. The fourth-order valence-electron chi connectivity index (χ4n) is 6.62. The molecule has 1 N–H and O–H groups in total. The summed E-state index contributed by atoms with van der Waals surface area (Å²) in [6.45, 7) is 5.62. The highest BCUT2D eigenvalue weighted by Gasteiger charge is 2.65. The Bertz CT molecular complexity index is 835. The van der Waals surface area contributed by atoms with Gasteiger partial charge in [-0.2, -0.15) is 0 Å². The Morgan fingerprint density at radius 1 is 1.18 bits per heavy atom. The molecule has 3 aliphatic rings. The van der Waals surface area contributed by atoms with Crippen LogP contribution in [0.1, 0.15) is 96.6 Å². The predicted octanol–water partition coefficient (Wildman–Crippen LogP) is 6.15. The third kappa shape index (κ3) is 4.79. The van der Waals surface area contributed by atoms with Crippen molar-refractivity contribution in [3.63, 3.8) is 0 Å². The fraction of sp³-hybridized carbons (Fsp3) is 0.741. The van der Waals surface area contributed by atoms with Crippen LogP contribution in [0.5, 0.6) is 0 Å². The van der Waals surface area contributed by atoms with Crippen molar-refractivity contribution in [1.29, 1.82) is 0 Å². The Morgan fingerprint density at radius 2 is 1.85 bits per heavy atom. The summed E-state index contributed by atoms with van der Waals surface area (Å²) >= 11 is 0. The summed E-state index contributed by atoms with van der Waals surface area (Å²) in [6.07, 6.45) is 8.74. The van der Waals surface area contributed by atoms with Crippen molar-refractivity contribution in [3.8, 4) is 0 Å². The molecule has 2 aliphatic heterocycles. The number of aliphatic hydroxyl groups is 1. The second kappa shape index (κ2) is 9.18. The van der Waals surface area contributed by atoms with Gasteiger partial charge in [-0.1, -0.05) is 12.1 Å². The zero-order chi connectivity index (χ0) is 23.9. The van der Waals surface area contributed by atoms with Gasteiger partial charge in [-0.25, -0.2) is 9.18 Å². The molecule has 2 saturated heterocycles. The number of benzene rings is 1. The quantitative estimate of drug-likeness (QED) is 0.552. The van der Waals surface area contributed by atoms with Crippen molar-refractivity contribution >= 4 is 6.09 Å². The number of methoxy groups -OCH3 is 1. The summed E-state index contributed by atoms with van der Waals surface area (Å²) in [6, 6.07) is 6.14. The number of halogens is 1. The molecule has 184 valence electrons. The van der Waals surface area contributed by atoms with Crippen LogP contribution >= 0.6 is 0 Å². The maximum absolute atomic E-state index is 14.0. The van der Waals surface area contributed by atoms with E-state index in [0.29, 0.717) is 30.4 Å². The summed E-state index contributed by atoms with van der Waals surface area (Å²) in [4.78, 5) is 15.5. The summed E-state index contributed by atoms with van der Waals surface area (Å²) in [5.41, 5.74) is -1.14. The molecule has 1 atom stereocenters. The number of fused-ring (bicyclic) bond motifs is 2. The van der Waals surface area contributed by atoms with Crippen LogP contribution < -0.4 is 0 Å². The first-order chi connectivity index (χ1) is 15.6. The average molecular weight is 462 g/mol. The number of rotatable bonds is 6. The Kier molecular flexibility index (Phi) is 6.81. The molecule has 0 spiro atoms. The van der Waals surface area contributed by atoms with Crippen LogP contribution in [0.2, 0.25) is 0 Å². The van der Waals surface area contributed by atoms with Crippen LogP contribution in [0.25, 0.3) is 0 Å². The molecular weight excluding hydrogens is 421 g/mol. The number of ether oxygens (including phenoxy) is 2. The summed E-state index contributed by atoms with van der Waals surface area (Å²) in [5.74, 6) is 0.274. The smallest absolute Gasteiger partial charge is 0.411 e. The van der Waals surface area contributed by atoms with Crippen molar-refractivity contribution in [1.82, 2.24) is 4.90 Å². The normalized spacial score (nSPS) is 32.7. The lowest BCUT2D eigenvalue weighted by Gasteiger charge is -2.43. The maximum atomic E-state index is 14.0. The molecule has 3 fully saturated rings. The first-order valence-corrected chi connectivity index (χ1v) is 12.6. The summed E-state index contributed by atoms with van der Waals surface area (Å²) < 4.78 is 25.4. The maximum Gasteiger partial charge on any atom is 0.411 e. The molecule has 0 unspecified atom stereocenters. The van der Waals surface area contributed by atoms with Crippen molar-refractivity contribution in [3.05, 3.63) is 35.6 Å². The minimum Gasteiger partial charge on any atom is -0.444 e. The highest BCUT2D eigenvalue weighted by Crippen LogP contribution is 2.60. The van der Waals surface area contributed by atoms with Gasteiger partial charge in [0.2, 0.25) is 0 Å². The number of amides is 1. The number of hydrogen-bond donors (Lipinski definition) is 1. The third-order valence-electron chi connectivity index (χ3n) is 8.36. The predicted molar refractivity (Wildman–Crippen MR) is 125 cm³/mol. The lowest BCUT2D eigenvalue weighted by Crippen LogP contribution is -2.54. The Hall–Kier alpha value is -1.66. The zero-order valence-corrected chi connectivity index (χ0v) is 20.6. The molecule has 2 heterocycles. The Labute approximate surface area is 197 Å². The zero-order valence-electron chi connectivity index (χ0n) is 20.6. The van der Waals surface area contributed by atoms with Crippen LogP contribution in [0, 0.1) is 11.7 Å². The van der Waals surface area contributed by atoms with Crippen LogP contribution in [-0.4, -0.2) is 46.0 Å². The van der Waals surface area contributed by atoms with E-state index >= 15 is 0 Å². The van der Waals surface area contributed by atoms with Gasteiger partial charge >= 0.3 is 6.09 Å². The van der Waals surface area contributed by atoms with E-state index in [0.717, 1.165) is 51.4 Å². The number of carbonyl (C=O) groups excluding carboxylic acids is 1. The van der Waals surface area contributed by atoms with Crippen molar-refractivity contribution in [2.24, 2.45) is 5.92 Å². The minimum atomic E-state index is -0.942. The van der Waals surface area contributed by atoms with Crippen molar-refractivity contribution in [2.45, 2.75) is 114 Å². The largest absolute Gasteiger partial charge is 0.444 e. The SMILES string of the molecule is CO[C@H]1CC[C@H](CCC23CCC([C@H](O)c4cccc(F)c4)(CC2)N3C(=O)OC(C)(C)C)CC1. The van der Waals surface area contributed by atoms with E-state index in [1.165, 1.54) is 12.1 Å². The first-order valence-electron chi connectivity index (χ1n) is 12.6. The second-order valence-corrected chi connectivity index (χ2v) is 11.5. The third-order valence-corrected chi connectivity index (χ3v) is 8.36. The van der Waals surface area contributed by atoms with Gasteiger partial charge in [0.05, 0.1) is 11.6 Å². The molecule has 1 amide bonds. The van der Waals surface area contributed by atoms with Gasteiger partial charge in [-0.05, 0) is 109 Å². The fourth-order valence-corrected chi connectivity index (χ4v) is 6.62. The molecule has 1 saturated carbocycles. The molecule has 33 heavy (non-hydrogen) atoms. The van der Waals surface area contributed by atoms with E-state index in [4.69, 9.17) is 9.47 Å². The van der Waals surface area contributed by atoms with E-state index in [1.807, 2.05) is 25.7 Å². The van der Waals surface area contributed by atoms with Crippen LogP contribution in [-0.2, 0) is 9.47 Å². The molecule has 1 aromatic carbocycles. The highest BCUT2D eigenvalue weighted by molar-refractivity contribution is 5.72. The molecule has 0 radical (unpaired) electrons. The molecule has 1 aromatic rings. The highest BCUT2D eigenvalue weighted by atomic mass is 19.1. The number of aliphatic hydroxyl groups excluding tert-OH is 1. The molecule has 5 nitrogen and oxygen atoms in total. The van der Waals surface area contributed by atoms with Gasteiger partial charge in [0.1, 0.15) is 17.5 Å². The van der Waals surface area contributed by atoms with Gasteiger partial charge < -0.3 is 14.6 Å². The van der Waals surface area contributed by atoms with Crippen LogP contribution in [0.4, 0.5) is 9.18 Å². The van der Waals surface area contributed by atoms with Crippen molar-refractivity contribution < 1.29 is 23.8 Å². The van der Waals surface area contributed by atoms with Gasteiger partial charge in [0, 0.05) is 12.6 Å². The Balaban J connectivity index is 1.57. The van der Waals surface area contributed by atoms with Crippen LogP contribution in [0.15, 0.2) is 24.3 Å². The second-order valence-electron chi connectivity index (χ2n) is 11.5. The standard InChI is InChI=1S/C27H40FNO4/c1-25(2,3)33-24(31)29-26(13-12-19-8-10-22(32-4)11-9-19)14-16-27(29,17-15-26)23(30)20-6-5-7-21(28)18-20/h5-7,18-19,22-23,30H,8-17H2,1-4H3/t19-,22-,23-,26?,27?/m1/s1. The average Bonchev–Trinajstić information content (AvgIpc) is 3.28. The topological polar surface area (TPSA) is 59.0 Å². The Morgan fingerprint density at radius 3 is 2.42 bits per heavy atom. The number of carbonyl (C=O) groups is 1. The van der Waals surface area contributed by atoms with E-state index < -0.39 is 17.2 Å². The van der Waals surface area contributed by atoms with Gasteiger partial charge in [-0.3, -0.25) is 4.90 Å². The lowest BCUT2D eigenvalue weighted by molar-refractivity contribution is -0.0406. The minimum absolute atomic E-state index is 0.297. The van der Waals surface area contributed by atoms with E-state index in [9.17, 15) is 14.3 Å². The van der Waals surface area contributed by atoms with Gasteiger partial charge in [0.15, 0.2) is 0 Å². The first kappa shape index (κ1) is 24.5. The van der Waals surface area contributed by atoms with Gasteiger partial charge in [0.25, 0.3) is 0 Å². The molecule has 0 aromatic heterocycles. The summed E-state index contributed by atoms with van der Waals surface area (Å²) in [5, 5.41) is 11.5. The van der Waals surface area contributed by atoms with E-state index in [2.05, 4.69) is 0 Å². The molecular formula is C27H40FNO4. The molecule has 4 rings (SSSR count). The van der Waals surface area contributed by atoms with Crippen LogP contribution in [0.3, 0.4) is 0 Å². The van der Waals surface area contributed by atoms with Crippen molar-refractivity contribution in [2.75, 3.05) is 7.11 Å². The molecule has 6 heteroatoms. The number of hydrogen-bond acceptors (Lipinski definition) is 4. The van der Waals surface area contributed by atoms with E-state index in [1.54, 1.807) is 19.2 Å². The van der Waals surface area contributed by atoms with Gasteiger partial charge in [-0.15, -0.1) is 0 Å². The van der Waals surface area contributed by atoms with E-state index in [-0.39, 0.29) is 17.4 Å². The molecule has 2 bridgehead atoms. The summed E-state index contributed by atoms with van der Waals surface area (Å²) in [7, 11) is 1.79. The monoisotopic (exact) mass is 461 g/mol. The molecule has 1 aliphatic carbocycles. The number of nitrogens with zero attached hydrogens (tertiary/aromatic N) is 1.